The maximum atomic E-state index is 10.6. The van der Waals surface area contributed by atoms with Gasteiger partial charge in [-0.2, -0.15) is 0 Å². The fraction of sp³-hybridized carbons (Fsp3) is 0.400. The Morgan fingerprint density at radius 3 is 2.21 bits per heavy atom. The molecule has 0 atom stereocenters. The molecule has 0 aliphatic rings. The molecule has 0 heterocycles. The normalized spacial score (nSPS) is 11.6. The first kappa shape index (κ1) is 11.2. The van der Waals surface area contributed by atoms with Crippen LogP contribution in [0, 0.1) is 0 Å². The van der Waals surface area contributed by atoms with E-state index in [2.05, 4.69) is 6.92 Å². The lowest BCUT2D eigenvalue weighted by molar-refractivity contribution is 0.463. The molecular weight excluding hydrogens is 200 g/mol. The number of unbranched alkanes of at least 4 members (excludes halogenated alkanes) is 1. The predicted octanol–water partition coefficient (Wildman–Crippen LogP) is 1.93. The zero-order valence-corrected chi connectivity index (χ0v) is 8.88. The summed E-state index contributed by atoms with van der Waals surface area (Å²) in [5.74, 6) is 0. The van der Waals surface area contributed by atoms with Crippen LogP contribution >= 0.6 is 0 Å². The van der Waals surface area contributed by atoms with Gasteiger partial charge in [0.2, 0.25) is 0 Å². The molecule has 0 radical (unpaired) electrons. The molecule has 0 spiro atoms. The maximum Gasteiger partial charge on any atom is 0.124 e. The standard InChI is InChI=1S/C10H14O3S/c1-2-3-4-9-5-7-10(8-6-9)14(11,12)13/h5-8H,2-4H2,1H3,(H,11,12,13)/p-1. The summed E-state index contributed by atoms with van der Waals surface area (Å²) in [4.78, 5) is -0.155. The summed E-state index contributed by atoms with van der Waals surface area (Å²) >= 11 is 0. The molecule has 0 saturated carbocycles. The summed E-state index contributed by atoms with van der Waals surface area (Å²) in [5.41, 5.74) is 1.07. The molecule has 4 heteroatoms. The molecule has 0 bridgehead atoms. The minimum absolute atomic E-state index is 0.155. The Hall–Kier alpha value is -0.870. The molecule has 0 saturated heterocycles. The van der Waals surface area contributed by atoms with Gasteiger partial charge >= 0.3 is 0 Å². The van der Waals surface area contributed by atoms with E-state index in [0.29, 0.717) is 0 Å². The molecule has 14 heavy (non-hydrogen) atoms. The molecule has 0 aliphatic carbocycles. The third-order valence-electron chi connectivity index (χ3n) is 2.03. The van der Waals surface area contributed by atoms with Gasteiger partial charge in [0.1, 0.15) is 10.1 Å². The van der Waals surface area contributed by atoms with Crippen molar-refractivity contribution in [1.82, 2.24) is 0 Å². The highest BCUT2D eigenvalue weighted by molar-refractivity contribution is 7.85. The molecule has 1 aromatic carbocycles. The van der Waals surface area contributed by atoms with Crippen molar-refractivity contribution in [2.45, 2.75) is 31.1 Å². The summed E-state index contributed by atoms with van der Waals surface area (Å²) in [7, 11) is -4.29. The van der Waals surface area contributed by atoms with Gasteiger partial charge in [0.25, 0.3) is 0 Å². The number of rotatable bonds is 4. The minimum atomic E-state index is -4.29. The van der Waals surface area contributed by atoms with Crippen LogP contribution in [0.2, 0.25) is 0 Å². The third-order valence-corrected chi connectivity index (χ3v) is 2.88. The Labute approximate surface area is 84.5 Å². The van der Waals surface area contributed by atoms with Crippen LogP contribution in [0.3, 0.4) is 0 Å². The molecule has 0 fully saturated rings. The van der Waals surface area contributed by atoms with Gasteiger partial charge in [0.05, 0.1) is 4.90 Å². The van der Waals surface area contributed by atoms with Gasteiger partial charge in [-0.15, -0.1) is 0 Å². The maximum absolute atomic E-state index is 10.6. The lowest BCUT2D eigenvalue weighted by atomic mass is 10.1. The van der Waals surface area contributed by atoms with E-state index in [1.54, 1.807) is 12.1 Å². The first-order valence-electron chi connectivity index (χ1n) is 4.59. The van der Waals surface area contributed by atoms with Crippen LogP contribution in [-0.4, -0.2) is 13.0 Å². The second-order valence-electron chi connectivity index (χ2n) is 3.20. The van der Waals surface area contributed by atoms with Gasteiger partial charge in [-0.25, -0.2) is 8.42 Å². The fourth-order valence-corrected chi connectivity index (χ4v) is 1.67. The predicted molar refractivity (Wildman–Crippen MR) is 53.0 cm³/mol. The van der Waals surface area contributed by atoms with Gasteiger partial charge in [-0.3, -0.25) is 0 Å². The number of hydrogen-bond acceptors (Lipinski definition) is 3. The van der Waals surface area contributed by atoms with E-state index in [4.69, 9.17) is 0 Å². The van der Waals surface area contributed by atoms with Crippen LogP contribution in [-0.2, 0) is 16.5 Å². The van der Waals surface area contributed by atoms with Crippen molar-refractivity contribution >= 4 is 10.1 Å². The van der Waals surface area contributed by atoms with E-state index >= 15 is 0 Å². The van der Waals surface area contributed by atoms with Crippen LogP contribution in [0.25, 0.3) is 0 Å². The van der Waals surface area contributed by atoms with E-state index in [1.807, 2.05) is 0 Å². The van der Waals surface area contributed by atoms with E-state index in [0.717, 1.165) is 24.8 Å². The quantitative estimate of drug-likeness (QED) is 0.718. The first-order chi connectivity index (χ1) is 6.54. The average Bonchev–Trinajstić information content (AvgIpc) is 2.14. The summed E-state index contributed by atoms with van der Waals surface area (Å²) in [6.07, 6.45) is 3.10. The van der Waals surface area contributed by atoms with Crippen molar-refractivity contribution in [3.63, 3.8) is 0 Å². The Kier molecular flexibility index (Phi) is 3.66. The van der Waals surface area contributed by atoms with Gasteiger partial charge in [-0.05, 0) is 30.5 Å². The summed E-state index contributed by atoms with van der Waals surface area (Å²) in [6.45, 7) is 2.09. The van der Waals surface area contributed by atoms with Crippen LogP contribution in [0.15, 0.2) is 29.2 Å². The van der Waals surface area contributed by atoms with E-state index < -0.39 is 10.1 Å². The van der Waals surface area contributed by atoms with Crippen molar-refractivity contribution in [1.29, 1.82) is 0 Å². The molecule has 3 nitrogen and oxygen atoms in total. The molecular formula is C10H13O3S-. The Bertz CT molecular complexity index is 378. The number of hydrogen-bond donors (Lipinski definition) is 0. The first-order valence-corrected chi connectivity index (χ1v) is 5.99. The van der Waals surface area contributed by atoms with Gasteiger partial charge in [-0.1, -0.05) is 25.5 Å². The Morgan fingerprint density at radius 1 is 1.21 bits per heavy atom. The molecule has 0 aliphatic heterocycles. The minimum Gasteiger partial charge on any atom is -0.744 e. The molecule has 1 aromatic rings. The summed E-state index contributed by atoms with van der Waals surface area (Å²) in [5, 5.41) is 0. The average molecular weight is 213 g/mol. The zero-order valence-electron chi connectivity index (χ0n) is 8.06. The van der Waals surface area contributed by atoms with E-state index in [-0.39, 0.29) is 4.90 Å². The van der Waals surface area contributed by atoms with Crippen LogP contribution < -0.4 is 0 Å². The van der Waals surface area contributed by atoms with Crippen molar-refractivity contribution in [2.75, 3.05) is 0 Å². The Morgan fingerprint density at radius 2 is 1.79 bits per heavy atom. The molecule has 0 amide bonds. The number of benzene rings is 1. The van der Waals surface area contributed by atoms with Gasteiger partial charge < -0.3 is 4.55 Å². The molecule has 0 N–H and O–H groups in total. The van der Waals surface area contributed by atoms with Crippen LogP contribution in [0.5, 0.6) is 0 Å². The molecule has 78 valence electrons. The highest BCUT2D eigenvalue weighted by Gasteiger charge is 2.00. The molecule has 0 aromatic heterocycles. The SMILES string of the molecule is CCCCc1ccc(S(=O)(=O)[O-])cc1. The zero-order chi connectivity index (χ0) is 10.6. The summed E-state index contributed by atoms with van der Waals surface area (Å²) in [6, 6.07) is 6.13. The Balaban J connectivity index is 2.79. The lowest BCUT2D eigenvalue weighted by Crippen LogP contribution is -1.98. The second kappa shape index (κ2) is 4.57. The third kappa shape index (κ3) is 3.12. The van der Waals surface area contributed by atoms with Gasteiger partial charge in [0.15, 0.2) is 0 Å². The van der Waals surface area contributed by atoms with E-state index in [1.165, 1.54) is 12.1 Å². The van der Waals surface area contributed by atoms with Crippen molar-refractivity contribution in [2.24, 2.45) is 0 Å². The monoisotopic (exact) mass is 213 g/mol. The van der Waals surface area contributed by atoms with Gasteiger partial charge in [0, 0.05) is 0 Å². The molecule has 0 unspecified atom stereocenters. The van der Waals surface area contributed by atoms with Crippen molar-refractivity contribution < 1.29 is 13.0 Å². The van der Waals surface area contributed by atoms with E-state index in [9.17, 15) is 13.0 Å². The highest BCUT2D eigenvalue weighted by Crippen LogP contribution is 2.11. The van der Waals surface area contributed by atoms with Crippen LogP contribution in [0.4, 0.5) is 0 Å². The van der Waals surface area contributed by atoms with Crippen LogP contribution in [0.1, 0.15) is 25.3 Å². The molecule has 1 rings (SSSR count). The summed E-state index contributed by atoms with van der Waals surface area (Å²) < 4.78 is 31.8. The van der Waals surface area contributed by atoms with Crippen molar-refractivity contribution in [3.8, 4) is 0 Å². The fourth-order valence-electron chi connectivity index (χ4n) is 1.20. The number of aryl methyl sites for hydroxylation is 1. The second-order valence-corrected chi connectivity index (χ2v) is 4.58. The topological polar surface area (TPSA) is 57.2 Å². The smallest absolute Gasteiger partial charge is 0.124 e. The largest absolute Gasteiger partial charge is 0.744 e. The highest BCUT2D eigenvalue weighted by atomic mass is 32.2. The van der Waals surface area contributed by atoms with Crippen molar-refractivity contribution in [3.05, 3.63) is 29.8 Å². The lowest BCUT2D eigenvalue weighted by Gasteiger charge is -2.07.